The minimum atomic E-state index is -5.44. The van der Waals surface area contributed by atoms with Gasteiger partial charge < -0.3 is 56.2 Å². The maximum Gasteiger partial charge on any atom is 0.333 e. The highest BCUT2D eigenvalue weighted by molar-refractivity contribution is 7.87. The highest BCUT2D eigenvalue weighted by atomic mass is 32.2. The van der Waals surface area contributed by atoms with Crippen molar-refractivity contribution in [1.82, 2.24) is 5.06 Å². The molecule has 1 fully saturated rings. The van der Waals surface area contributed by atoms with Crippen LogP contribution >= 0.6 is 0 Å². The van der Waals surface area contributed by atoms with Crippen LogP contribution in [0.5, 0.6) is 0 Å². The molecule has 0 spiro atoms. The van der Waals surface area contributed by atoms with Gasteiger partial charge in [0.25, 0.3) is 11.8 Å². The van der Waals surface area contributed by atoms with Crippen molar-refractivity contribution in [3.8, 4) is 0 Å². The van der Waals surface area contributed by atoms with Crippen LogP contribution in [0.1, 0.15) is 90.2 Å². The number of carbonyl (C=O) groups is 3. The molecule has 0 N–H and O–H groups in total. The summed E-state index contributed by atoms with van der Waals surface area (Å²) in [5.41, 5.74) is -0.603. The number of fused-ring (bicyclic) bond motifs is 6. The first-order chi connectivity index (χ1) is 41.3. The zero-order valence-electron chi connectivity index (χ0n) is 48.3. The van der Waals surface area contributed by atoms with Gasteiger partial charge in [0.15, 0.2) is 12.3 Å². The van der Waals surface area contributed by atoms with E-state index in [4.69, 9.17) is 28.5 Å². The van der Waals surface area contributed by atoms with Gasteiger partial charge in [0.05, 0.1) is 74.8 Å². The summed E-state index contributed by atoms with van der Waals surface area (Å²) in [6.45, 7) is 5.20. The molecule has 490 valence electrons. The minimum absolute atomic E-state index is 0. The molecule has 7 rings (SSSR count). The van der Waals surface area contributed by atoms with Gasteiger partial charge in [-0.15, -0.1) is 5.06 Å². The van der Waals surface area contributed by atoms with Crippen molar-refractivity contribution in [1.29, 1.82) is 0 Å². The number of benzene rings is 4. The quantitative estimate of drug-likeness (QED) is 0.0207. The van der Waals surface area contributed by atoms with Crippen molar-refractivity contribution in [3.05, 3.63) is 95.7 Å². The molecule has 0 saturated carbocycles. The van der Waals surface area contributed by atoms with E-state index in [1.165, 1.54) is 32.4 Å². The first-order valence-electron chi connectivity index (χ1n) is 27.5. The highest BCUT2D eigenvalue weighted by Crippen LogP contribution is 2.54. The van der Waals surface area contributed by atoms with E-state index >= 15 is 0 Å². The molecular formula is C57H69N3O24S5-4. The lowest BCUT2D eigenvalue weighted by molar-refractivity contribution is -0.441. The third-order valence-electron chi connectivity index (χ3n) is 15.3. The van der Waals surface area contributed by atoms with Crippen LogP contribution < -0.4 is 4.90 Å². The predicted molar refractivity (Wildman–Crippen MR) is 315 cm³/mol. The fraction of sp³-hybridized carbons (Fsp3) is 0.474. The lowest BCUT2D eigenvalue weighted by atomic mass is 9.74. The maximum atomic E-state index is 12.9. The molecule has 0 bridgehead atoms. The SMILES string of the molecule is C.COCCOCCOCCOCCC1(C)\C(=C/C=C/C=C/C2=[N+](CCOC)c3ccc4c(S(=O)(=O)[O-])cc(S(=O)(=O)[O-])cc4c3C2(C)CCCS(=O)(=O)[O-])N(CCCCCC(=O)ON2C(=O)CCC2=O)c2ccc3c(S(=O)(=O)[O-])cc(S(=O)(=O)[O-])cc3c21. The summed E-state index contributed by atoms with van der Waals surface area (Å²) in [5, 5.41) is -0.172. The summed E-state index contributed by atoms with van der Waals surface area (Å²) >= 11 is 0. The van der Waals surface area contributed by atoms with Crippen LogP contribution in [0.4, 0.5) is 11.4 Å². The van der Waals surface area contributed by atoms with Crippen molar-refractivity contribution in [3.63, 3.8) is 0 Å². The molecule has 27 nitrogen and oxygen atoms in total. The van der Waals surface area contributed by atoms with E-state index in [1.54, 1.807) is 54.9 Å². The van der Waals surface area contributed by atoms with E-state index in [0.717, 1.165) is 12.1 Å². The molecule has 0 aromatic heterocycles. The summed E-state index contributed by atoms with van der Waals surface area (Å²) in [6.07, 6.45) is 8.29. The number of allylic oxidation sites excluding steroid dienone is 6. The first kappa shape index (κ1) is 72.1. The Hall–Kier alpha value is -5.95. The Morgan fingerprint density at radius 2 is 1.13 bits per heavy atom. The molecule has 2 amide bonds. The fourth-order valence-electron chi connectivity index (χ4n) is 11.3. The third-order valence-corrected chi connectivity index (χ3v) is 19.5. The highest BCUT2D eigenvalue weighted by Gasteiger charge is 2.49. The Labute approximate surface area is 517 Å². The largest absolute Gasteiger partial charge is 0.748 e. The van der Waals surface area contributed by atoms with Crippen LogP contribution in [0.25, 0.3) is 21.5 Å². The summed E-state index contributed by atoms with van der Waals surface area (Å²) in [7, 11) is -23.5. The van der Waals surface area contributed by atoms with E-state index in [9.17, 15) is 79.2 Å². The molecule has 89 heavy (non-hydrogen) atoms. The summed E-state index contributed by atoms with van der Waals surface area (Å²) in [4.78, 5) is 39.8. The molecule has 3 heterocycles. The lowest BCUT2D eigenvalue weighted by Gasteiger charge is -2.31. The summed E-state index contributed by atoms with van der Waals surface area (Å²) < 4.78 is 218. The van der Waals surface area contributed by atoms with Gasteiger partial charge in [0.1, 0.15) is 47.1 Å². The molecule has 3 aliphatic rings. The molecule has 4 aromatic rings. The number of carbonyl (C=O) groups excluding carboxylic acids is 3. The van der Waals surface area contributed by atoms with Crippen molar-refractivity contribution in [2.45, 2.75) is 109 Å². The molecule has 0 aliphatic carbocycles. The number of rotatable bonds is 33. The second-order valence-corrected chi connectivity index (χ2v) is 28.2. The fourth-order valence-corrected chi connectivity index (χ4v) is 14.4. The van der Waals surface area contributed by atoms with Crippen molar-refractivity contribution in [2.75, 3.05) is 90.8 Å². The number of hydrogen-bond donors (Lipinski definition) is 0. The average Bonchev–Trinajstić information content (AvgIpc) is 1.61. The first-order valence-corrected chi connectivity index (χ1v) is 34.7. The topological polar surface area (TPSA) is 402 Å². The zero-order chi connectivity index (χ0) is 64.6. The van der Waals surface area contributed by atoms with E-state index in [1.807, 2.05) is 4.90 Å². The number of nitrogens with zero attached hydrogens (tertiary/aromatic N) is 3. The number of hydroxylamine groups is 2. The van der Waals surface area contributed by atoms with Gasteiger partial charge in [0.2, 0.25) is 5.69 Å². The Morgan fingerprint density at radius 1 is 0.596 bits per heavy atom. The number of imide groups is 1. The predicted octanol–water partition coefficient (Wildman–Crippen LogP) is 4.60. The van der Waals surface area contributed by atoms with Gasteiger partial charge >= 0.3 is 5.97 Å². The van der Waals surface area contributed by atoms with Crippen LogP contribution in [-0.2, 0) is 104 Å². The number of ether oxygens (including phenoxy) is 5. The molecule has 1 saturated heterocycles. The molecule has 4 aromatic carbocycles. The Kier molecular flexibility index (Phi) is 23.9. The van der Waals surface area contributed by atoms with E-state index in [0.29, 0.717) is 71.6 Å². The van der Waals surface area contributed by atoms with Gasteiger partial charge in [-0.25, -0.2) is 46.9 Å². The second-order valence-electron chi connectivity index (χ2n) is 21.2. The molecule has 2 unspecified atom stereocenters. The summed E-state index contributed by atoms with van der Waals surface area (Å²) in [5.74, 6) is -2.96. The monoisotopic (exact) mass is 1340 g/mol. The zero-order valence-corrected chi connectivity index (χ0v) is 52.4. The molecule has 2 atom stereocenters. The Balaban J connectivity index is 0.0000126. The third kappa shape index (κ3) is 17.2. The lowest BCUT2D eigenvalue weighted by Crippen LogP contribution is -2.32. The number of anilines is 1. The van der Waals surface area contributed by atoms with Gasteiger partial charge in [-0.05, 0) is 110 Å². The van der Waals surface area contributed by atoms with Crippen molar-refractivity contribution in [2.24, 2.45) is 0 Å². The standard InChI is InChI=1S/C56H69N3O24S5.CH4/c1-55(21-11-33-84(63,64)65)48(58(24-26-78-3)45-18-16-40-42(53(45)55)34-38(85(66,67)68)36-46(40)87(72,73)74)12-7-5-8-13-49-56(2,22-25-80-29-30-82-32-31-81-28-27-79-4)54-43-35-39(86(69,70)71)37-47(88(75,76)77)41(43)15-17-44(54)57(49)23-10-6-9-14-52(62)83-59-50(60)19-20-51(59)61;/h5,7-8,12-13,15-18,34-37H,6,9-11,14,19-33H2,1-4H3,(H4-,63,64,65,66,67,68,69,70,71,72,73,74,75,76,77);1H4/p-4. The molecule has 0 radical (unpaired) electrons. The molecular weight excluding hydrogens is 1270 g/mol. The smallest absolute Gasteiger partial charge is 0.333 e. The normalized spacial score (nSPS) is 18.8. The van der Waals surface area contributed by atoms with E-state index in [-0.39, 0.29) is 132 Å². The van der Waals surface area contributed by atoms with Crippen LogP contribution in [0.15, 0.2) is 104 Å². The van der Waals surface area contributed by atoms with Crippen LogP contribution in [0.3, 0.4) is 0 Å². The average molecular weight is 1340 g/mol. The Morgan fingerprint density at radius 3 is 1.67 bits per heavy atom. The summed E-state index contributed by atoms with van der Waals surface area (Å²) in [6, 6.07) is 8.53. The number of amides is 2. The van der Waals surface area contributed by atoms with E-state index < -0.39 is 105 Å². The van der Waals surface area contributed by atoms with E-state index in [2.05, 4.69) is 0 Å². The van der Waals surface area contributed by atoms with Crippen molar-refractivity contribution < 1.29 is 112 Å². The molecule has 3 aliphatic heterocycles. The van der Waals surface area contributed by atoms with Crippen LogP contribution in [0.2, 0.25) is 0 Å². The van der Waals surface area contributed by atoms with Crippen LogP contribution in [0, 0.1) is 0 Å². The van der Waals surface area contributed by atoms with Crippen molar-refractivity contribution >= 4 is 107 Å². The van der Waals surface area contributed by atoms with Gasteiger partial charge in [0, 0.05) is 92.3 Å². The number of hydrogen-bond acceptors (Lipinski definition) is 25. The van der Waals surface area contributed by atoms with Gasteiger partial charge in [-0.3, -0.25) is 9.59 Å². The molecule has 32 heteroatoms. The minimum Gasteiger partial charge on any atom is -0.748 e. The van der Waals surface area contributed by atoms with Crippen LogP contribution in [-0.4, -0.2) is 184 Å². The maximum absolute atomic E-state index is 12.9. The second kappa shape index (κ2) is 29.6. The van der Waals surface area contributed by atoms with Gasteiger partial charge in [-0.1, -0.05) is 38.1 Å². The number of methoxy groups -OCH3 is 2. The Bertz CT molecular complexity index is 4060. The number of unbranched alkanes of at least 4 members (excludes halogenated alkanes) is 2. The van der Waals surface area contributed by atoms with Gasteiger partial charge in [-0.2, -0.15) is 4.58 Å².